The van der Waals surface area contributed by atoms with Crippen LogP contribution in [0.15, 0.2) is 0 Å². The van der Waals surface area contributed by atoms with E-state index >= 15 is 0 Å². The highest BCUT2D eigenvalue weighted by molar-refractivity contribution is 7.53. The average molecular weight is 346 g/mol. The standard InChI is InChI=1S/C11H25NO7P2/c1-12(2)9-4-3-6-10(12)7-5-8-11(20(13,14)15)19-21(16,17)18/h10-11H,3-9H2,1-2H3,(H3-,13,14,15,16,17,18)/p+1. The summed E-state index contributed by atoms with van der Waals surface area (Å²) in [6.45, 7) is 1.07. The number of quaternary nitrogens is 1. The van der Waals surface area contributed by atoms with Crippen molar-refractivity contribution < 1.29 is 37.7 Å². The zero-order chi connectivity index (χ0) is 16.3. The number of nitrogens with zero attached hydrogens (tertiary/aromatic N) is 1. The summed E-state index contributed by atoms with van der Waals surface area (Å²) in [6.07, 6.45) is 4.54. The fourth-order valence-corrected chi connectivity index (χ4v) is 4.70. The molecule has 4 N–H and O–H groups in total. The average Bonchev–Trinajstić information content (AvgIpc) is 2.26. The third-order valence-corrected chi connectivity index (χ3v) is 5.94. The highest BCUT2D eigenvalue weighted by atomic mass is 31.2. The lowest BCUT2D eigenvalue weighted by Crippen LogP contribution is -2.51. The lowest BCUT2D eigenvalue weighted by molar-refractivity contribution is -0.920. The molecule has 0 aliphatic carbocycles. The van der Waals surface area contributed by atoms with Gasteiger partial charge in [-0.1, -0.05) is 0 Å². The first-order valence-corrected chi connectivity index (χ1v) is 10.2. The lowest BCUT2D eigenvalue weighted by Gasteiger charge is -2.42. The van der Waals surface area contributed by atoms with Crippen LogP contribution in [0.4, 0.5) is 0 Å². The van der Waals surface area contributed by atoms with Crippen LogP contribution < -0.4 is 0 Å². The molecule has 2 atom stereocenters. The van der Waals surface area contributed by atoms with Gasteiger partial charge in [0.1, 0.15) is 0 Å². The van der Waals surface area contributed by atoms with Gasteiger partial charge in [-0.15, -0.1) is 0 Å². The largest absolute Gasteiger partial charge is 0.470 e. The first-order valence-electron chi connectivity index (χ1n) is 7.04. The molecule has 1 rings (SSSR count). The topological polar surface area (TPSA) is 124 Å². The SMILES string of the molecule is C[N+]1(C)CCCCC1CCCC(OP(=O)(O)O)P(=O)(O)O. The van der Waals surface area contributed by atoms with E-state index in [1.54, 1.807) is 0 Å². The molecule has 1 aliphatic heterocycles. The number of likely N-dealkylation sites (tertiary alicyclic amines) is 1. The van der Waals surface area contributed by atoms with Crippen LogP contribution in [-0.4, -0.2) is 56.6 Å². The number of phosphoric acid groups is 1. The van der Waals surface area contributed by atoms with Crippen LogP contribution in [0.2, 0.25) is 0 Å². The Hall–Kier alpha value is 0.220. The summed E-state index contributed by atoms with van der Waals surface area (Å²) in [7, 11) is -5.34. The summed E-state index contributed by atoms with van der Waals surface area (Å²) >= 11 is 0. The van der Waals surface area contributed by atoms with Crippen molar-refractivity contribution in [2.45, 2.75) is 50.4 Å². The van der Waals surface area contributed by atoms with Crippen molar-refractivity contribution in [2.75, 3.05) is 20.6 Å². The molecule has 10 heteroatoms. The minimum Gasteiger partial charge on any atom is -0.326 e. The molecule has 0 aromatic rings. The van der Waals surface area contributed by atoms with Gasteiger partial charge in [-0.2, -0.15) is 0 Å². The smallest absolute Gasteiger partial charge is 0.326 e. The fraction of sp³-hybridized carbons (Fsp3) is 1.00. The third kappa shape index (κ3) is 6.89. The fourth-order valence-electron chi connectivity index (χ4n) is 2.89. The second-order valence-electron chi connectivity index (χ2n) is 6.22. The van der Waals surface area contributed by atoms with Crippen LogP contribution in [-0.2, 0) is 13.7 Å². The van der Waals surface area contributed by atoms with Gasteiger partial charge in [-0.05, 0) is 38.5 Å². The molecule has 0 saturated carbocycles. The summed E-state index contributed by atoms with van der Waals surface area (Å²) in [5.41, 5.74) is 0. The molecule has 21 heavy (non-hydrogen) atoms. The summed E-state index contributed by atoms with van der Waals surface area (Å²) in [6, 6.07) is 0.409. The number of hydrogen-bond donors (Lipinski definition) is 4. The van der Waals surface area contributed by atoms with Gasteiger partial charge < -0.3 is 24.1 Å². The van der Waals surface area contributed by atoms with E-state index in [1.165, 1.54) is 6.42 Å². The van der Waals surface area contributed by atoms with Crippen molar-refractivity contribution in [1.29, 1.82) is 0 Å². The molecule has 0 spiro atoms. The minimum absolute atomic E-state index is 0.0636. The Balaban J connectivity index is 2.54. The Morgan fingerprint density at radius 3 is 2.29 bits per heavy atom. The first kappa shape index (κ1) is 19.3. The molecule has 1 heterocycles. The van der Waals surface area contributed by atoms with E-state index in [2.05, 4.69) is 18.6 Å². The van der Waals surface area contributed by atoms with Crippen molar-refractivity contribution in [2.24, 2.45) is 0 Å². The van der Waals surface area contributed by atoms with E-state index in [-0.39, 0.29) is 6.42 Å². The number of piperidine rings is 1. The first-order chi connectivity index (χ1) is 9.42. The molecule has 126 valence electrons. The van der Waals surface area contributed by atoms with Crippen LogP contribution in [0.25, 0.3) is 0 Å². The summed E-state index contributed by atoms with van der Waals surface area (Å²) < 4.78 is 27.1. The molecule has 0 aromatic carbocycles. The maximum atomic E-state index is 11.2. The summed E-state index contributed by atoms with van der Waals surface area (Å²) in [5.74, 6) is -1.74. The Morgan fingerprint density at radius 1 is 1.19 bits per heavy atom. The normalized spacial score (nSPS) is 24.8. The monoisotopic (exact) mass is 346 g/mol. The molecule has 1 fully saturated rings. The van der Waals surface area contributed by atoms with Crippen LogP contribution in [0.3, 0.4) is 0 Å². The van der Waals surface area contributed by atoms with Crippen LogP contribution >= 0.6 is 15.4 Å². The third-order valence-electron chi connectivity index (χ3n) is 4.13. The second kappa shape index (κ2) is 7.20. The quantitative estimate of drug-likeness (QED) is 0.406. The van der Waals surface area contributed by atoms with Gasteiger partial charge in [0, 0.05) is 0 Å². The zero-order valence-corrected chi connectivity index (χ0v) is 14.2. The Morgan fingerprint density at radius 2 is 1.81 bits per heavy atom. The van der Waals surface area contributed by atoms with E-state index in [1.807, 2.05) is 0 Å². The maximum absolute atomic E-state index is 11.2. The molecule has 0 radical (unpaired) electrons. The van der Waals surface area contributed by atoms with Crippen molar-refractivity contribution in [1.82, 2.24) is 0 Å². The van der Waals surface area contributed by atoms with Gasteiger partial charge >= 0.3 is 15.4 Å². The Bertz CT molecular complexity index is 430. The molecule has 0 amide bonds. The maximum Gasteiger partial charge on any atom is 0.470 e. The molecule has 2 unspecified atom stereocenters. The highest BCUT2D eigenvalue weighted by Crippen LogP contribution is 2.52. The highest BCUT2D eigenvalue weighted by Gasteiger charge is 2.36. The van der Waals surface area contributed by atoms with E-state index in [0.717, 1.165) is 30.3 Å². The van der Waals surface area contributed by atoms with Crippen LogP contribution in [0.1, 0.15) is 38.5 Å². The molecule has 0 bridgehead atoms. The lowest BCUT2D eigenvalue weighted by atomic mass is 9.95. The predicted octanol–water partition coefficient (Wildman–Crippen LogP) is 1.40. The van der Waals surface area contributed by atoms with E-state index in [4.69, 9.17) is 19.6 Å². The molecule has 1 aliphatic rings. The Labute approximate surface area is 125 Å². The van der Waals surface area contributed by atoms with Gasteiger partial charge in [0.2, 0.25) is 0 Å². The summed E-state index contributed by atoms with van der Waals surface area (Å²) in [5, 5.41) is 0. The van der Waals surface area contributed by atoms with E-state index in [0.29, 0.717) is 12.5 Å². The van der Waals surface area contributed by atoms with Crippen LogP contribution in [0.5, 0.6) is 0 Å². The number of rotatable bonds is 7. The van der Waals surface area contributed by atoms with Crippen molar-refractivity contribution in [3.8, 4) is 0 Å². The van der Waals surface area contributed by atoms with Gasteiger partial charge in [0.15, 0.2) is 5.85 Å². The van der Waals surface area contributed by atoms with Gasteiger partial charge in [0.25, 0.3) is 0 Å². The van der Waals surface area contributed by atoms with E-state index in [9.17, 15) is 9.13 Å². The molecule has 0 aromatic heterocycles. The van der Waals surface area contributed by atoms with Crippen molar-refractivity contribution in [3.63, 3.8) is 0 Å². The minimum atomic E-state index is -4.91. The van der Waals surface area contributed by atoms with Crippen molar-refractivity contribution >= 4 is 15.4 Å². The number of hydrogen-bond acceptors (Lipinski definition) is 3. The molecular formula is C11H26NO7P2+. The predicted molar refractivity (Wildman–Crippen MR) is 77.4 cm³/mol. The number of phosphoric ester groups is 1. The van der Waals surface area contributed by atoms with Gasteiger partial charge in [-0.25, -0.2) is 4.57 Å². The van der Waals surface area contributed by atoms with E-state index < -0.39 is 21.3 Å². The summed E-state index contributed by atoms with van der Waals surface area (Å²) in [4.78, 5) is 35.7. The molecule has 8 nitrogen and oxygen atoms in total. The van der Waals surface area contributed by atoms with Crippen molar-refractivity contribution in [3.05, 3.63) is 0 Å². The molecule has 1 saturated heterocycles. The van der Waals surface area contributed by atoms with Crippen LogP contribution in [0, 0.1) is 0 Å². The second-order valence-corrected chi connectivity index (χ2v) is 9.17. The Kier molecular flexibility index (Phi) is 6.60. The van der Waals surface area contributed by atoms with Gasteiger partial charge in [-0.3, -0.25) is 9.09 Å². The molecular weight excluding hydrogens is 320 g/mol. The van der Waals surface area contributed by atoms with Gasteiger partial charge in [0.05, 0.1) is 26.7 Å². The zero-order valence-electron chi connectivity index (χ0n) is 12.5.